The Balaban J connectivity index is 3.15. The van der Waals surface area contributed by atoms with Crippen LogP contribution in [-0.2, 0) is 19.1 Å². The standard InChI is InChI=1S/C17H21N3O4/c1-5-23-16(21)13(17(22)24-6-2)11-19-14-8-7-12(10-18)9-15(14)20(3)4/h7-9,11,19H,5-6H2,1-4H3. The number of hydrogen-bond donors (Lipinski definition) is 1. The number of esters is 2. The van der Waals surface area contributed by atoms with Crippen LogP contribution >= 0.6 is 0 Å². The average Bonchev–Trinajstić information content (AvgIpc) is 2.55. The Labute approximate surface area is 141 Å². The predicted octanol–water partition coefficient (Wildman–Crippen LogP) is 2.05. The fraction of sp³-hybridized carbons (Fsp3) is 0.353. The highest BCUT2D eigenvalue weighted by Crippen LogP contribution is 2.25. The Kier molecular flexibility index (Phi) is 7.30. The van der Waals surface area contributed by atoms with Gasteiger partial charge in [0.2, 0.25) is 0 Å². The van der Waals surface area contributed by atoms with Gasteiger partial charge in [-0.1, -0.05) is 0 Å². The summed E-state index contributed by atoms with van der Waals surface area (Å²) in [7, 11) is 3.64. The van der Waals surface area contributed by atoms with E-state index in [2.05, 4.69) is 11.4 Å². The minimum atomic E-state index is -0.761. The number of nitrogens with zero attached hydrogens (tertiary/aromatic N) is 2. The van der Waals surface area contributed by atoms with Crippen molar-refractivity contribution >= 4 is 23.3 Å². The van der Waals surface area contributed by atoms with Crippen LogP contribution in [0.5, 0.6) is 0 Å². The molecule has 0 spiro atoms. The van der Waals surface area contributed by atoms with Crippen LogP contribution in [0.4, 0.5) is 11.4 Å². The molecule has 0 aromatic heterocycles. The smallest absolute Gasteiger partial charge is 0.347 e. The second-order valence-electron chi connectivity index (χ2n) is 4.88. The maximum atomic E-state index is 11.9. The van der Waals surface area contributed by atoms with Crippen molar-refractivity contribution in [1.29, 1.82) is 5.26 Å². The van der Waals surface area contributed by atoms with Gasteiger partial charge < -0.3 is 19.7 Å². The zero-order valence-corrected chi connectivity index (χ0v) is 14.3. The highest BCUT2D eigenvalue weighted by atomic mass is 16.6. The van der Waals surface area contributed by atoms with E-state index >= 15 is 0 Å². The molecule has 24 heavy (non-hydrogen) atoms. The van der Waals surface area contributed by atoms with Gasteiger partial charge in [-0.25, -0.2) is 9.59 Å². The monoisotopic (exact) mass is 331 g/mol. The van der Waals surface area contributed by atoms with Crippen molar-refractivity contribution in [2.24, 2.45) is 0 Å². The van der Waals surface area contributed by atoms with Crippen molar-refractivity contribution in [3.05, 3.63) is 35.5 Å². The number of nitrogens with one attached hydrogen (secondary N) is 1. The molecule has 0 saturated heterocycles. The third-order valence-corrected chi connectivity index (χ3v) is 2.97. The second-order valence-corrected chi connectivity index (χ2v) is 4.88. The van der Waals surface area contributed by atoms with E-state index in [1.54, 1.807) is 32.0 Å². The SMILES string of the molecule is CCOC(=O)C(=CNc1ccc(C#N)cc1N(C)C)C(=O)OCC. The lowest BCUT2D eigenvalue weighted by molar-refractivity contribution is -0.146. The fourth-order valence-electron chi connectivity index (χ4n) is 1.86. The van der Waals surface area contributed by atoms with Gasteiger partial charge in [0, 0.05) is 20.3 Å². The van der Waals surface area contributed by atoms with E-state index in [0.29, 0.717) is 11.3 Å². The quantitative estimate of drug-likeness (QED) is 0.354. The maximum Gasteiger partial charge on any atom is 0.347 e. The molecule has 0 unspecified atom stereocenters. The van der Waals surface area contributed by atoms with Crippen molar-refractivity contribution in [3.8, 4) is 6.07 Å². The fourth-order valence-corrected chi connectivity index (χ4v) is 1.86. The second kappa shape index (κ2) is 9.20. The first-order chi connectivity index (χ1) is 11.4. The minimum Gasteiger partial charge on any atom is -0.462 e. The van der Waals surface area contributed by atoms with Gasteiger partial charge in [-0.05, 0) is 32.0 Å². The Bertz CT molecular complexity index is 655. The minimum absolute atomic E-state index is 0.148. The lowest BCUT2D eigenvalue weighted by Crippen LogP contribution is -2.20. The summed E-state index contributed by atoms with van der Waals surface area (Å²) >= 11 is 0. The summed E-state index contributed by atoms with van der Waals surface area (Å²) in [6.07, 6.45) is 1.25. The lowest BCUT2D eigenvalue weighted by atomic mass is 10.1. The molecular weight excluding hydrogens is 310 g/mol. The van der Waals surface area contributed by atoms with Gasteiger partial charge in [-0.2, -0.15) is 5.26 Å². The third-order valence-electron chi connectivity index (χ3n) is 2.97. The van der Waals surface area contributed by atoms with E-state index in [0.717, 1.165) is 5.69 Å². The van der Waals surface area contributed by atoms with E-state index in [1.807, 2.05) is 19.0 Å². The van der Waals surface area contributed by atoms with Gasteiger partial charge in [0.25, 0.3) is 0 Å². The van der Waals surface area contributed by atoms with E-state index in [1.165, 1.54) is 6.20 Å². The average molecular weight is 331 g/mol. The van der Waals surface area contributed by atoms with Crippen LogP contribution in [0.3, 0.4) is 0 Å². The van der Waals surface area contributed by atoms with Crippen molar-refractivity contribution < 1.29 is 19.1 Å². The molecule has 1 aromatic rings. The van der Waals surface area contributed by atoms with Gasteiger partial charge in [0.1, 0.15) is 0 Å². The maximum absolute atomic E-state index is 11.9. The van der Waals surface area contributed by atoms with Gasteiger partial charge in [0.15, 0.2) is 5.57 Å². The van der Waals surface area contributed by atoms with Crippen molar-refractivity contribution in [2.75, 3.05) is 37.5 Å². The van der Waals surface area contributed by atoms with E-state index in [4.69, 9.17) is 14.7 Å². The van der Waals surface area contributed by atoms with E-state index in [9.17, 15) is 9.59 Å². The third kappa shape index (κ3) is 5.02. The van der Waals surface area contributed by atoms with Crippen LogP contribution in [0.15, 0.2) is 30.0 Å². The molecule has 7 nitrogen and oxygen atoms in total. The molecule has 0 aliphatic carbocycles. The Morgan fingerprint density at radius 3 is 2.25 bits per heavy atom. The molecule has 0 amide bonds. The number of benzene rings is 1. The zero-order valence-electron chi connectivity index (χ0n) is 14.3. The molecule has 128 valence electrons. The molecule has 0 bridgehead atoms. The Morgan fingerprint density at radius 2 is 1.79 bits per heavy atom. The molecule has 0 atom stereocenters. The van der Waals surface area contributed by atoms with Crippen LogP contribution in [0, 0.1) is 11.3 Å². The molecule has 1 aromatic carbocycles. The number of nitriles is 1. The van der Waals surface area contributed by atoms with Gasteiger partial charge in [-0.3, -0.25) is 0 Å². The number of carbonyl (C=O) groups is 2. The number of rotatable bonds is 7. The molecule has 7 heteroatoms. The van der Waals surface area contributed by atoms with E-state index < -0.39 is 11.9 Å². The first kappa shape index (κ1) is 19.0. The highest BCUT2D eigenvalue weighted by Gasteiger charge is 2.21. The normalized spacial score (nSPS) is 9.46. The van der Waals surface area contributed by atoms with Gasteiger partial charge in [-0.15, -0.1) is 0 Å². The molecule has 1 rings (SSSR count). The first-order valence-corrected chi connectivity index (χ1v) is 7.47. The summed E-state index contributed by atoms with van der Waals surface area (Å²) < 4.78 is 9.75. The first-order valence-electron chi connectivity index (χ1n) is 7.47. The molecule has 0 saturated carbocycles. The summed E-state index contributed by atoms with van der Waals surface area (Å²) in [5.74, 6) is -1.52. The van der Waals surface area contributed by atoms with Crippen LogP contribution in [-0.4, -0.2) is 39.2 Å². The van der Waals surface area contributed by atoms with Crippen molar-refractivity contribution in [3.63, 3.8) is 0 Å². The summed E-state index contributed by atoms with van der Waals surface area (Å²) in [5.41, 5.74) is 1.64. The molecule has 0 fully saturated rings. The van der Waals surface area contributed by atoms with Crippen LogP contribution < -0.4 is 10.2 Å². The molecular formula is C17H21N3O4. The molecule has 1 N–H and O–H groups in total. The number of anilines is 2. The van der Waals surface area contributed by atoms with Gasteiger partial charge >= 0.3 is 11.9 Å². The zero-order chi connectivity index (χ0) is 18.1. The molecule has 0 radical (unpaired) electrons. The lowest BCUT2D eigenvalue weighted by Gasteiger charge is -2.18. The molecule has 0 heterocycles. The van der Waals surface area contributed by atoms with Crippen molar-refractivity contribution in [2.45, 2.75) is 13.8 Å². The largest absolute Gasteiger partial charge is 0.462 e. The molecule has 0 aliphatic heterocycles. The number of carbonyl (C=O) groups excluding carboxylic acids is 2. The van der Waals surface area contributed by atoms with Crippen LogP contribution in [0.2, 0.25) is 0 Å². The predicted molar refractivity (Wildman–Crippen MR) is 90.5 cm³/mol. The number of hydrogen-bond acceptors (Lipinski definition) is 7. The summed E-state index contributed by atoms with van der Waals surface area (Å²) in [5, 5.41) is 11.9. The number of ether oxygens (including phenoxy) is 2. The summed E-state index contributed by atoms with van der Waals surface area (Å²) in [4.78, 5) is 25.6. The summed E-state index contributed by atoms with van der Waals surface area (Å²) in [6, 6.07) is 7.09. The summed E-state index contributed by atoms with van der Waals surface area (Å²) in [6.45, 7) is 3.60. The van der Waals surface area contributed by atoms with Crippen LogP contribution in [0.25, 0.3) is 0 Å². The molecule has 0 aliphatic rings. The highest BCUT2D eigenvalue weighted by molar-refractivity contribution is 6.14. The van der Waals surface area contributed by atoms with Crippen LogP contribution in [0.1, 0.15) is 19.4 Å². The Morgan fingerprint density at radius 1 is 1.21 bits per heavy atom. The Hall–Kier alpha value is -3.01. The van der Waals surface area contributed by atoms with Gasteiger partial charge in [0.05, 0.1) is 36.2 Å². The topological polar surface area (TPSA) is 91.7 Å². The van der Waals surface area contributed by atoms with Crippen molar-refractivity contribution in [1.82, 2.24) is 0 Å². The van der Waals surface area contributed by atoms with E-state index in [-0.39, 0.29) is 18.8 Å².